The Balaban J connectivity index is 4.10. The van der Waals surface area contributed by atoms with Crippen LogP contribution < -0.4 is 5.32 Å². The average molecular weight is 272 g/mol. The van der Waals surface area contributed by atoms with Crippen molar-refractivity contribution < 1.29 is 9.90 Å². The SMILES string of the molecule is CCCCN(CCCC)CCC(NCCC)C(=O)O. The van der Waals surface area contributed by atoms with Gasteiger partial charge in [0.05, 0.1) is 0 Å². The van der Waals surface area contributed by atoms with E-state index in [4.69, 9.17) is 0 Å². The summed E-state index contributed by atoms with van der Waals surface area (Å²) in [5.41, 5.74) is 0. The normalized spacial score (nSPS) is 12.8. The molecule has 4 nitrogen and oxygen atoms in total. The number of aliphatic carboxylic acids is 1. The van der Waals surface area contributed by atoms with Gasteiger partial charge >= 0.3 is 5.97 Å². The van der Waals surface area contributed by atoms with Gasteiger partial charge in [-0.25, -0.2) is 0 Å². The highest BCUT2D eigenvalue weighted by atomic mass is 16.4. The van der Waals surface area contributed by atoms with Crippen LogP contribution in [0.25, 0.3) is 0 Å². The van der Waals surface area contributed by atoms with Crippen LogP contribution in [0.4, 0.5) is 0 Å². The van der Waals surface area contributed by atoms with Crippen LogP contribution in [-0.4, -0.2) is 48.2 Å². The maximum absolute atomic E-state index is 11.2. The monoisotopic (exact) mass is 272 g/mol. The summed E-state index contributed by atoms with van der Waals surface area (Å²) in [6.45, 7) is 10.3. The van der Waals surface area contributed by atoms with Crippen molar-refractivity contribution in [3.63, 3.8) is 0 Å². The van der Waals surface area contributed by atoms with Gasteiger partial charge in [0.2, 0.25) is 0 Å². The summed E-state index contributed by atoms with van der Waals surface area (Å²) < 4.78 is 0. The molecule has 2 N–H and O–H groups in total. The lowest BCUT2D eigenvalue weighted by Gasteiger charge is -2.24. The second kappa shape index (κ2) is 12.4. The molecule has 0 heterocycles. The van der Waals surface area contributed by atoms with Gasteiger partial charge in [-0.05, 0) is 45.3 Å². The fourth-order valence-corrected chi connectivity index (χ4v) is 2.04. The standard InChI is InChI=1S/C15H32N2O2/c1-4-7-11-17(12-8-5-2)13-9-14(15(18)19)16-10-6-3/h14,16H,4-13H2,1-3H3,(H,18,19). The number of hydrogen-bond donors (Lipinski definition) is 2. The van der Waals surface area contributed by atoms with Crippen LogP contribution in [0.2, 0.25) is 0 Å². The lowest BCUT2D eigenvalue weighted by molar-refractivity contribution is -0.139. The number of carboxylic acid groups (broad SMARTS) is 1. The van der Waals surface area contributed by atoms with Crippen molar-refractivity contribution in [2.75, 3.05) is 26.2 Å². The van der Waals surface area contributed by atoms with E-state index in [1.165, 1.54) is 25.7 Å². The number of hydrogen-bond acceptors (Lipinski definition) is 3. The van der Waals surface area contributed by atoms with E-state index >= 15 is 0 Å². The van der Waals surface area contributed by atoms with E-state index in [9.17, 15) is 9.90 Å². The van der Waals surface area contributed by atoms with E-state index in [-0.39, 0.29) is 0 Å². The van der Waals surface area contributed by atoms with Crippen LogP contribution in [-0.2, 0) is 4.79 Å². The summed E-state index contributed by atoms with van der Waals surface area (Å²) in [5, 5.41) is 12.3. The second-order valence-electron chi connectivity index (χ2n) is 5.18. The maximum atomic E-state index is 11.2. The van der Waals surface area contributed by atoms with Crippen molar-refractivity contribution in [3.05, 3.63) is 0 Å². The van der Waals surface area contributed by atoms with Gasteiger partial charge < -0.3 is 15.3 Å². The summed E-state index contributed by atoms with van der Waals surface area (Å²) in [6, 6.07) is -0.397. The molecule has 0 radical (unpaired) electrons. The predicted molar refractivity (Wildman–Crippen MR) is 80.6 cm³/mol. The molecule has 19 heavy (non-hydrogen) atoms. The first-order chi connectivity index (χ1) is 9.15. The van der Waals surface area contributed by atoms with Gasteiger partial charge in [0, 0.05) is 6.54 Å². The number of nitrogens with zero attached hydrogens (tertiary/aromatic N) is 1. The molecule has 0 aromatic carbocycles. The molecular weight excluding hydrogens is 240 g/mol. The zero-order valence-electron chi connectivity index (χ0n) is 13.0. The molecule has 1 atom stereocenters. The third-order valence-electron chi connectivity index (χ3n) is 3.33. The molecule has 0 aliphatic carbocycles. The number of unbranched alkanes of at least 4 members (excludes halogenated alkanes) is 2. The second-order valence-corrected chi connectivity index (χ2v) is 5.18. The van der Waals surface area contributed by atoms with Crippen LogP contribution >= 0.6 is 0 Å². The van der Waals surface area contributed by atoms with Crippen molar-refractivity contribution in [2.45, 2.75) is 65.3 Å². The number of carboxylic acids is 1. The smallest absolute Gasteiger partial charge is 0.320 e. The Hall–Kier alpha value is -0.610. The van der Waals surface area contributed by atoms with Crippen LogP contribution in [0.1, 0.15) is 59.3 Å². The molecule has 0 aliphatic heterocycles. The Morgan fingerprint density at radius 3 is 2.05 bits per heavy atom. The first kappa shape index (κ1) is 18.4. The lowest BCUT2D eigenvalue weighted by atomic mass is 10.1. The highest BCUT2D eigenvalue weighted by molar-refractivity contribution is 5.73. The summed E-state index contributed by atoms with van der Waals surface area (Å²) in [7, 11) is 0. The summed E-state index contributed by atoms with van der Waals surface area (Å²) >= 11 is 0. The molecule has 0 saturated heterocycles. The Morgan fingerprint density at radius 2 is 1.63 bits per heavy atom. The maximum Gasteiger partial charge on any atom is 0.320 e. The summed E-state index contributed by atoms with van der Waals surface area (Å²) in [6.07, 6.45) is 6.45. The Labute approximate surface area is 118 Å². The van der Waals surface area contributed by atoms with Crippen molar-refractivity contribution in [3.8, 4) is 0 Å². The molecule has 0 amide bonds. The number of nitrogens with one attached hydrogen (secondary N) is 1. The van der Waals surface area contributed by atoms with E-state index < -0.39 is 12.0 Å². The van der Waals surface area contributed by atoms with Gasteiger partial charge in [-0.2, -0.15) is 0 Å². The fraction of sp³-hybridized carbons (Fsp3) is 0.933. The molecule has 0 bridgehead atoms. The molecule has 0 aromatic heterocycles. The quantitative estimate of drug-likeness (QED) is 0.541. The van der Waals surface area contributed by atoms with Crippen LogP contribution in [0, 0.1) is 0 Å². The van der Waals surface area contributed by atoms with E-state index in [0.717, 1.165) is 32.6 Å². The van der Waals surface area contributed by atoms with E-state index in [0.29, 0.717) is 6.42 Å². The van der Waals surface area contributed by atoms with E-state index in [1.54, 1.807) is 0 Å². The molecule has 0 fully saturated rings. The fourth-order valence-electron chi connectivity index (χ4n) is 2.04. The lowest BCUT2D eigenvalue weighted by Crippen LogP contribution is -2.40. The highest BCUT2D eigenvalue weighted by Gasteiger charge is 2.17. The minimum atomic E-state index is -0.723. The van der Waals surface area contributed by atoms with Gasteiger partial charge in [-0.15, -0.1) is 0 Å². The minimum absolute atomic E-state index is 0.397. The van der Waals surface area contributed by atoms with Crippen molar-refractivity contribution in [1.82, 2.24) is 10.2 Å². The predicted octanol–water partition coefficient (Wildman–Crippen LogP) is 2.73. The van der Waals surface area contributed by atoms with Crippen LogP contribution in [0.5, 0.6) is 0 Å². The minimum Gasteiger partial charge on any atom is -0.480 e. The topological polar surface area (TPSA) is 52.6 Å². The van der Waals surface area contributed by atoms with Gasteiger partial charge in [-0.1, -0.05) is 33.6 Å². The zero-order chi connectivity index (χ0) is 14.5. The zero-order valence-corrected chi connectivity index (χ0v) is 13.0. The highest BCUT2D eigenvalue weighted by Crippen LogP contribution is 2.03. The molecule has 0 saturated carbocycles. The van der Waals surface area contributed by atoms with Gasteiger partial charge in [0.25, 0.3) is 0 Å². The number of rotatable bonds is 13. The van der Waals surface area contributed by atoms with Gasteiger partial charge in [0.15, 0.2) is 0 Å². The summed E-state index contributed by atoms with van der Waals surface area (Å²) in [4.78, 5) is 13.6. The third kappa shape index (κ3) is 9.91. The Kier molecular flexibility index (Phi) is 12.0. The Morgan fingerprint density at radius 1 is 1.05 bits per heavy atom. The van der Waals surface area contributed by atoms with Crippen LogP contribution in [0.3, 0.4) is 0 Å². The van der Waals surface area contributed by atoms with Gasteiger partial charge in [-0.3, -0.25) is 4.79 Å². The largest absolute Gasteiger partial charge is 0.480 e. The summed E-state index contributed by atoms with van der Waals surface area (Å²) in [5.74, 6) is -0.723. The molecule has 0 spiro atoms. The third-order valence-corrected chi connectivity index (χ3v) is 3.33. The first-order valence-electron chi connectivity index (χ1n) is 7.84. The van der Waals surface area contributed by atoms with E-state index in [2.05, 4.69) is 31.0 Å². The molecule has 1 unspecified atom stereocenters. The van der Waals surface area contributed by atoms with Crippen LogP contribution in [0.15, 0.2) is 0 Å². The van der Waals surface area contributed by atoms with Crippen molar-refractivity contribution in [1.29, 1.82) is 0 Å². The number of carbonyl (C=O) groups is 1. The van der Waals surface area contributed by atoms with Crippen molar-refractivity contribution in [2.24, 2.45) is 0 Å². The molecule has 0 aromatic rings. The van der Waals surface area contributed by atoms with E-state index in [1.807, 2.05) is 0 Å². The van der Waals surface area contributed by atoms with Crippen molar-refractivity contribution >= 4 is 5.97 Å². The molecule has 0 rings (SSSR count). The Bertz CT molecular complexity index is 214. The average Bonchev–Trinajstić information content (AvgIpc) is 2.40. The molecular formula is C15H32N2O2. The first-order valence-corrected chi connectivity index (χ1v) is 7.84. The molecule has 4 heteroatoms. The molecule has 0 aliphatic rings. The van der Waals surface area contributed by atoms with Gasteiger partial charge in [0.1, 0.15) is 6.04 Å². The molecule has 114 valence electrons.